The van der Waals surface area contributed by atoms with Crippen molar-refractivity contribution < 1.29 is 14.4 Å². The van der Waals surface area contributed by atoms with Gasteiger partial charge < -0.3 is 9.63 Å². The zero-order valence-corrected chi connectivity index (χ0v) is 11.2. The molecule has 9 heteroatoms. The van der Waals surface area contributed by atoms with Gasteiger partial charge in [0.1, 0.15) is 6.54 Å². The standard InChI is InChI=1S/C11H9N5O3S/c1-6-9(11(17)18)13-15-16(6)5-8-12-10(14-19-8)7-3-2-4-20-7/h2-4H,5H2,1H3,(H,17,18). The molecule has 20 heavy (non-hydrogen) atoms. The van der Waals surface area contributed by atoms with Crippen LogP contribution >= 0.6 is 11.3 Å². The molecule has 3 aromatic heterocycles. The molecule has 3 aromatic rings. The lowest BCUT2D eigenvalue weighted by Crippen LogP contribution is -2.06. The molecule has 0 bridgehead atoms. The summed E-state index contributed by atoms with van der Waals surface area (Å²) in [4.78, 5) is 16.0. The first-order valence-corrected chi connectivity index (χ1v) is 6.53. The van der Waals surface area contributed by atoms with E-state index in [0.29, 0.717) is 17.4 Å². The molecular formula is C11H9N5O3S. The van der Waals surface area contributed by atoms with Crippen LogP contribution in [-0.2, 0) is 6.54 Å². The van der Waals surface area contributed by atoms with E-state index in [4.69, 9.17) is 9.63 Å². The Kier molecular flexibility index (Phi) is 3.03. The van der Waals surface area contributed by atoms with E-state index in [-0.39, 0.29) is 12.2 Å². The number of hydrogen-bond donors (Lipinski definition) is 1. The smallest absolute Gasteiger partial charge is 0.358 e. The number of nitrogens with zero attached hydrogens (tertiary/aromatic N) is 5. The van der Waals surface area contributed by atoms with Gasteiger partial charge in [-0.25, -0.2) is 9.48 Å². The largest absolute Gasteiger partial charge is 0.476 e. The molecule has 0 atom stereocenters. The molecule has 0 aromatic carbocycles. The topological polar surface area (TPSA) is 107 Å². The van der Waals surface area contributed by atoms with Gasteiger partial charge in [0.05, 0.1) is 10.6 Å². The van der Waals surface area contributed by atoms with E-state index in [1.807, 2.05) is 17.5 Å². The number of thiophene rings is 1. The van der Waals surface area contributed by atoms with Crippen molar-refractivity contribution in [2.45, 2.75) is 13.5 Å². The number of carboxylic acid groups (broad SMARTS) is 1. The van der Waals surface area contributed by atoms with Crippen LogP contribution in [0.15, 0.2) is 22.0 Å². The molecule has 0 unspecified atom stereocenters. The summed E-state index contributed by atoms with van der Waals surface area (Å²) in [6.07, 6.45) is 0. The molecule has 0 radical (unpaired) electrons. The molecule has 102 valence electrons. The van der Waals surface area contributed by atoms with E-state index in [1.165, 1.54) is 16.0 Å². The Morgan fingerprint density at radius 2 is 2.40 bits per heavy atom. The maximum atomic E-state index is 10.9. The molecule has 0 saturated heterocycles. The highest BCUT2D eigenvalue weighted by Crippen LogP contribution is 2.21. The summed E-state index contributed by atoms with van der Waals surface area (Å²) < 4.78 is 6.54. The zero-order valence-electron chi connectivity index (χ0n) is 10.3. The van der Waals surface area contributed by atoms with Crippen LogP contribution in [-0.4, -0.2) is 36.2 Å². The van der Waals surface area contributed by atoms with Crippen molar-refractivity contribution in [3.8, 4) is 10.7 Å². The SMILES string of the molecule is Cc1c(C(=O)O)nnn1Cc1nc(-c2cccs2)no1. The van der Waals surface area contributed by atoms with Crippen molar-refractivity contribution in [1.82, 2.24) is 25.1 Å². The summed E-state index contributed by atoms with van der Waals surface area (Å²) in [5.41, 5.74) is 0.358. The van der Waals surface area contributed by atoms with Gasteiger partial charge in [-0.2, -0.15) is 4.98 Å². The van der Waals surface area contributed by atoms with E-state index < -0.39 is 5.97 Å². The molecule has 3 heterocycles. The van der Waals surface area contributed by atoms with Gasteiger partial charge in [0.15, 0.2) is 5.69 Å². The number of aromatic nitrogens is 5. The monoisotopic (exact) mass is 291 g/mol. The Hall–Kier alpha value is -2.55. The second kappa shape index (κ2) is 4.85. The van der Waals surface area contributed by atoms with Gasteiger partial charge in [-0.3, -0.25) is 0 Å². The maximum Gasteiger partial charge on any atom is 0.358 e. The summed E-state index contributed by atoms with van der Waals surface area (Å²) in [6.45, 7) is 1.81. The maximum absolute atomic E-state index is 10.9. The Morgan fingerprint density at radius 3 is 3.05 bits per heavy atom. The minimum Gasteiger partial charge on any atom is -0.476 e. The molecule has 0 spiro atoms. The fourth-order valence-electron chi connectivity index (χ4n) is 1.66. The van der Waals surface area contributed by atoms with Crippen LogP contribution < -0.4 is 0 Å². The number of rotatable bonds is 4. The first-order chi connectivity index (χ1) is 9.65. The minimum absolute atomic E-state index is 0.0806. The van der Waals surface area contributed by atoms with Crippen LogP contribution in [0.2, 0.25) is 0 Å². The minimum atomic E-state index is -1.11. The van der Waals surface area contributed by atoms with Crippen molar-refractivity contribution in [3.63, 3.8) is 0 Å². The van der Waals surface area contributed by atoms with Gasteiger partial charge in [0.2, 0.25) is 11.7 Å². The predicted molar refractivity (Wildman–Crippen MR) is 68.4 cm³/mol. The van der Waals surface area contributed by atoms with Gasteiger partial charge in [0, 0.05) is 0 Å². The number of carboxylic acids is 1. The van der Waals surface area contributed by atoms with Crippen LogP contribution in [0.3, 0.4) is 0 Å². The second-order valence-electron chi connectivity index (χ2n) is 3.98. The van der Waals surface area contributed by atoms with Crippen LogP contribution in [0.5, 0.6) is 0 Å². The summed E-state index contributed by atoms with van der Waals surface area (Å²) >= 11 is 1.51. The highest BCUT2D eigenvalue weighted by molar-refractivity contribution is 7.13. The number of aromatic carboxylic acids is 1. The predicted octanol–water partition coefficient (Wildman–Crippen LogP) is 1.44. The van der Waals surface area contributed by atoms with Crippen molar-refractivity contribution in [1.29, 1.82) is 0 Å². The Labute approximate surface area is 116 Å². The van der Waals surface area contributed by atoms with Crippen LogP contribution in [0.25, 0.3) is 10.7 Å². The number of hydrogen-bond acceptors (Lipinski definition) is 7. The fraction of sp³-hybridized carbons (Fsp3) is 0.182. The van der Waals surface area contributed by atoms with Crippen molar-refractivity contribution in [3.05, 3.63) is 34.8 Å². The van der Waals surface area contributed by atoms with Gasteiger partial charge in [-0.05, 0) is 18.4 Å². The highest BCUT2D eigenvalue weighted by atomic mass is 32.1. The summed E-state index contributed by atoms with van der Waals surface area (Å²) in [5.74, 6) is -0.261. The van der Waals surface area contributed by atoms with Gasteiger partial charge in [0.25, 0.3) is 0 Å². The van der Waals surface area contributed by atoms with Crippen LogP contribution in [0.4, 0.5) is 0 Å². The molecule has 0 aliphatic carbocycles. The van der Waals surface area contributed by atoms with E-state index in [0.717, 1.165) is 4.88 Å². The first kappa shape index (κ1) is 12.5. The lowest BCUT2D eigenvalue weighted by atomic mass is 10.3. The van der Waals surface area contributed by atoms with Gasteiger partial charge in [-0.15, -0.1) is 16.4 Å². The van der Waals surface area contributed by atoms with E-state index in [9.17, 15) is 4.79 Å². The summed E-state index contributed by atoms with van der Waals surface area (Å²) in [7, 11) is 0. The molecule has 0 aliphatic rings. The lowest BCUT2D eigenvalue weighted by Gasteiger charge is -1.97. The molecular weight excluding hydrogens is 282 g/mol. The molecule has 0 amide bonds. The van der Waals surface area contributed by atoms with Crippen LogP contribution in [0, 0.1) is 6.92 Å². The van der Waals surface area contributed by atoms with E-state index in [1.54, 1.807) is 6.92 Å². The zero-order chi connectivity index (χ0) is 14.1. The van der Waals surface area contributed by atoms with Crippen LogP contribution in [0.1, 0.15) is 22.1 Å². The third-order valence-electron chi connectivity index (χ3n) is 2.68. The molecule has 0 fully saturated rings. The van der Waals surface area contributed by atoms with E-state index in [2.05, 4.69) is 20.5 Å². The van der Waals surface area contributed by atoms with E-state index >= 15 is 0 Å². The number of carbonyl (C=O) groups is 1. The molecule has 8 nitrogen and oxygen atoms in total. The first-order valence-electron chi connectivity index (χ1n) is 5.65. The molecule has 0 aliphatic heterocycles. The van der Waals surface area contributed by atoms with Gasteiger partial charge >= 0.3 is 5.97 Å². The molecule has 1 N–H and O–H groups in total. The Morgan fingerprint density at radius 1 is 1.55 bits per heavy atom. The molecule has 0 saturated carbocycles. The lowest BCUT2D eigenvalue weighted by molar-refractivity contribution is 0.0689. The average Bonchev–Trinajstić information content (AvgIpc) is 3.12. The van der Waals surface area contributed by atoms with Gasteiger partial charge in [-0.1, -0.05) is 16.4 Å². The fourth-order valence-corrected chi connectivity index (χ4v) is 2.31. The Bertz CT molecular complexity index is 746. The molecule has 3 rings (SSSR count). The Balaban J connectivity index is 1.84. The summed E-state index contributed by atoms with van der Waals surface area (Å²) in [6, 6.07) is 3.79. The second-order valence-corrected chi connectivity index (χ2v) is 4.92. The normalized spacial score (nSPS) is 10.8. The third-order valence-corrected chi connectivity index (χ3v) is 3.55. The summed E-state index contributed by atoms with van der Waals surface area (Å²) in [5, 5.41) is 22.1. The third kappa shape index (κ3) is 2.18. The van der Waals surface area contributed by atoms with Crippen molar-refractivity contribution in [2.75, 3.05) is 0 Å². The highest BCUT2D eigenvalue weighted by Gasteiger charge is 2.17. The average molecular weight is 291 g/mol. The quantitative estimate of drug-likeness (QED) is 0.775. The van der Waals surface area contributed by atoms with Crippen molar-refractivity contribution in [2.24, 2.45) is 0 Å². The van der Waals surface area contributed by atoms with Crippen molar-refractivity contribution >= 4 is 17.3 Å².